The maximum absolute atomic E-state index is 5.92. The van der Waals surface area contributed by atoms with Crippen LogP contribution in [-0.2, 0) is 0 Å². The van der Waals surface area contributed by atoms with Gasteiger partial charge in [-0.1, -0.05) is 11.6 Å². The summed E-state index contributed by atoms with van der Waals surface area (Å²) in [5.74, 6) is 0.946. The lowest BCUT2D eigenvalue weighted by Gasteiger charge is -2.18. The molecule has 0 spiro atoms. The zero-order valence-electron chi connectivity index (χ0n) is 8.87. The number of halogens is 2. The zero-order valence-corrected chi connectivity index (χ0v) is 12.0. The molecule has 0 atom stereocenters. The quantitative estimate of drug-likeness (QED) is 0.802. The third-order valence-corrected chi connectivity index (χ3v) is 3.97. The third kappa shape index (κ3) is 2.39. The van der Waals surface area contributed by atoms with E-state index < -0.39 is 0 Å². The summed E-state index contributed by atoms with van der Waals surface area (Å²) in [6.45, 7) is 2.04. The average Bonchev–Trinajstić information content (AvgIpc) is 2.64. The zero-order chi connectivity index (χ0) is 11.7. The first-order chi connectivity index (χ1) is 7.58. The first kappa shape index (κ1) is 11.9. The number of pyridine rings is 1. The van der Waals surface area contributed by atoms with Crippen LogP contribution in [0.5, 0.6) is 0 Å². The summed E-state index contributed by atoms with van der Waals surface area (Å²) in [4.78, 5) is 6.45. The Kier molecular flexibility index (Phi) is 3.52. The van der Waals surface area contributed by atoms with Gasteiger partial charge in [0, 0.05) is 17.7 Å². The minimum atomic E-state index is 0.789. The topological polar surface area (TPSA) is 16.1 Å². The van der Waals surface area contributed by atoms with Gasteiger partial charge in [-0.15, -0.1) is 11.3 Å². The number of rotatable bonds is 2. The van der Waals surface area contributed by atoms with Crippen LogP contribution in [0.15, 0.2) is 28.9 Å². The fourth-order valence-corrected chi connectivity index (χ4v) is 2.92. The molecule has 2 rings (SSSR count). The van der Waals surface area contributed by atoms with Gasteiger partial charge < -0.3 is 4.90 Å². The molecule has 0 saturated heterocycles. The van der Waals surface area contributed by atoms with Gasteiger partial charge in [-0.25, -0.2) is 4.98 Å². The first-order valence-electron chi connectivity index (χ1n) is 4.69. The maximum Gasteiger partial charge on any atom is 0.136 e. The van der Waals surface area contributed by atoms with E-state index >= 15 is 0 Å². The van der Waals surface area contributed by atoms with Crippen LogP contribution in [0.4, 0.5) is 10.8 Å². The van der Waals surface area contributed by atoms with Crippen LogP contribution in [-0.4, -0.2) is 12.0 Å². The van der Waals surface area contributed by atoms with Crippen LogP contribution in [0.1, 0.15) is 5.56 Å². The number of hydrogen-bond acceptors (Lipinski definition) is 3. The van der Waals surface area contributed by atoms with Crippen molar-refractivity contribution in [3.8, 4) is 0 Å². The van der Waals surface area contributed by atoms with Crippen molar-refractivity contribution in [1.29, 1.82) is 0 Å². The summed E-state index contributed by atoms with van der Waals surface area (Å²) in [6, 6.07) is 5.94. The molecule has 2 nitrogen and oxygen atoms in total. The summed E-state index contributed by atoms with van der Waals surface area (Å²) >= 11 is 10.9. The molecule has 0 aliphatic heterocycles. The Balaban J connectivity index is 2.37. The molecule has 0 aromatic carbocycles. The molecular weight excluding hydrogens is 308 g/mol. The summed E-state index contributed by atoms with van der Waals surface area (Å²) in [6.07, 6.45) is 1.80. The molecule has 0 N–H and O–H groups in total. The summed E-state index contributed by atoms with van der Waals surface area (Å²) in [5.41, 5.74) is 1.13. The molecule has 0 aliphatic rings. The number of nitrogens with zero attached hydrogens (tertiary/aromatic N) is 2. The maximum atomic E-state index is 5.92. The van der Waals surface area contributed by atoms with Crippen molar-refractivity contribution in [3.05, 3.63) is 38.8 Å². The van der Waals surface area contributed by atoms with Crippen LogP contribution in [0.3, 0.4) is 0 Å². The molecule has 2 aromatic rings. The van der Waals surface area contributed by atoms with Crippen molar-refractivity contribution in [2.24, 2.45) is 0 Å². The minimum absolute atomic E-state index is 0.789. The molecule has 84 valence electrons. The molecule has 0 unspecified atom stereocenters. The monoisotopic (exact) mass is 316 g/mol. The van der Waals surface area contributed by atoms with Gasteiger partial charge in [0.2, 0.25) is 0 Å². The van der Waals surface area contributed by atoms with E-state index in [1.807, 2.05) is 37.1 Å². The third-order valence-electron chi connectivity index (χ3n) is 2.22. The van der Waals surface area contributed by atoms with E-state index in [4.69, 9.17) is 11.6 Å². The molecule has 16 heavy (non-hydrogen) atoms. The Morgan fingerprint density at radius 3 is 2.75 bits per heavy atom. The highest BCUT2D eigenvalue weighted by molar-refractivity contribution is 9.10. The number of aryl methyl sites for hydroxylation is 1. The van der Waals surface area contributed by atoms with E-state index in [0.29, 0.717) is 0 Å². The Hall–Kier alpha value is -0.580. The minimum Gasteiger partial charge on any atom is -0.321 e. The van der Waals surface area contributed by atoms with Gasteiger partial charge in [-0.3, -0.25) is 0 Å². The Morgan fingerprint density at radius 2 is 2.19 bits per heavy atom. The number of aromatic nitrogens is 1. The Morgan fingerprint density at radius 1 is 1.44 bits per heavy atom. The fourth-order valence-electron chi connectivity index (χ4n) is 1.47. The van der Waals surface area contributed by atoms with E-state index in [1.165, 1.54) is 0 Å². The molecule has 0 radical (unpaired) electrons. The molecule has 2 heterocycles. The van der Waals surface area contributed by atoms with Crippen LogP contribution < -0.4 is 4.90 Å². The fraction of sp³-hybridized carbons (Fsp3) is 0.182. The van der Waals surface area contributed by atoms with Crippen molar-refractivity contribution < 1.29 is 0 Å². The molecule has 0 amide bonds. The Labute approximate surface area is 112 Å². The van der Waals surface area contributed by atoms with Gasteiger partial charge in [-0.2, -0.15) is 0 Å². The highest BCUT2D eigenvalue weighted by Gasteiger charge is 2.10. The van der Waals surface area contributed by atoms with Gasteiger partial charge in [0.25, 0.3) is 0 Å². The SMILES string of the molecule is Cc1cc(Br)cnc1N(C)c1ccc(Cl)s1. The van der Waals surface area contributed by atoms with E-state index in [-0.39, 0.29) is 0 Å². The molecule has 0 aliphatic carbocycles. The summed E-state index contributed by atoms with van der Waals surface area (Å²) in [7, 11) is 1.99. The van der Waals surface area contributed by atoms with Crippen molar-refractivity contribution in [3.63, 3.8) is 0 Å². The number of hydrogen-bond donors (Lipinski definition) is 0. The molecular formula is C11H10BrClN2S. The second kappa shape index (κ2) is 4.73. The molecule has 0 saturated carbocycles. The van der Waals surface area contributed by atoms with Crippen molar-refractivity contribution in [2.75, 3.05) is 11.9 Å². The van der Waals surface area contributed by atoms with Crippen LogP contribution in [0.25, 0.3) is 0 Å². The predicted octanol–water partition coefficient (Wildman–Crippen LogP) is 4.64. The van der Waals surface area contributed by atoms with Crippen LogP contribution in [0, 0.1) is 6.92 Å². The number of anilines is 2. The Bertz CT molecular complexity index is 512. The number of thiophene rings is 1. The normalized spacial score (nSPS) is 10.5. The van der Waals surface area contributed by atoms with E-state index in [0.717, 1.165) is 25.2 Å². The van der Waals surface area contributed by atoms with Crippen molar-refractivity contribution >= 4 is 49.7 Å². The van der Waals surface area contributed by atoms with Gasteiger partial charge >= 0.3 is 0 Å². The van der Waals surface area contributed by atoms with Crippen LogP contribution in [0.2, 0.25) is 4.34 Å². The lowest BCUT2D eigenvalue weighted by molar-refractivity contribution is 1.11. The van der Waals surface area contributed by atoms with E-state index in [1.54, 1.807) is 17.5 Å². The van der Waals surface area contributed by atoms with Gasteiger partial charge in [0.15, 0.2) is 0 Å². The molecule has 2 aromatic heterocycles. The summed E-state index contributed by atoms with van der Waals surface area (Å²) in [5, 5.41) is 1.09. The lowest BCUT2D eigenvalue weighted by atomic mass is 10.3. The van der Waals surface area contributed by atoms with Gasteiger partial charge in [0.1, 0.15) is 5.82 Å². The second-order valence-electron chi connectivity index (χ2n) is 3.43. The smallest absolute Gasteiger partial charge is 0.136 e. The lowest BCUT2D eigenvalue weighted by Crippen LogP contribution is -2.11. The van der Waals surface area contributed by atoms with Crippen LogP contribution >= 0.6 is 38.9 Å². The van der Waals surface area contributed by atoms with Gasteiger partial charge in [0.05, 0.1) is 9.34 Å². The molecule has 5 heteroatoms. The van der Waals surface area contributed by atoms with E-state index in [2.05, 4.69) is 20.9 Å². The molecule has 0 bridgehead atoms. The largest absolute Gasteiger partial charge is 0.321 e. The van der Waals surface area contributed by atoms with Crippen molar-refractivity contribution in [1.82, 2.24) is 4.98 Å². The molecule has 0 fully saturated rings. The van der Waals surface area contributed by atoms with Crippen molar-refractivity contribution in [2.45, 2.75) is 6.92 Å². The summed E-state index contributed by atoms with van der Waals surface area (Å²) < 4.78 is 1.78. The highest BCUT2D eigenvalue weighted by Crippen LogP contribution is 2.33. The average molecular weight is 318 g/mol. The predicted molar refractivity (Wildman–Crippen MR) is 74.1 cm³/mol. The van der Waals surface area contributed by atoms with E-state index in [9.17, 15) is 0 Å². The standard InChI is InChI=1S/C11H10BrClN2S/c1-7-5-8(12)6-14-11(7)15(2)10-4-3-9(13)16-10/h3-6H,1-2H3. The first-order valence-corrected chi connectivity index (χ1v) is 6.68. The highest BCUT2D eigenvalue weighted by atomic mass is 79.9. The second-order valence-corrected chi connectivity index (χ2v) is 6.04. The van der Waals surface area contributed by atoms with Gasteiger partial charge in [-0.05, 0) is 46.6 Å².